The van der Waals surface area contributed by atoms with Gasteiger partial charge in [-0.3, -0.25) is 0 Å². The zero-order valence-corrected chi connectivity index (χ0v) is 8.81. The van der Waals surface area contributed by atoms with Gasteiger partial charge < -0.3 is 5.73 Å². The van der Waals surface area contributed by atoms with Gasteiger partial charge in [-0.1, -0.05) is 35.3 Å². The van der Waals surface area contributed by atoms with Crippen LogP contribution in [0, 0.1) is 0 Å². The first-order chi connectivity index (χ1) is 6.72. The van der Waals surface area contributed by atoms with E-state index in [4.69, 9.17) is 28.9 Å². The molecule has 0 aliphatic carbocycles. The number of benzene rings is 1. The van der Waals surface area contributed by atoms with Gasteiger partial charge in [-0.15, -0.1) is 0 Å². The van der Waals surface area contributed by atoms with E-state index in [-0.39, 0.29) is 0 Å². The van der Waals surface area contributed by atoms with Gasteiger partial charge in [0.15, 0.2) is 0 Å². The van der Waals surface area contributed by atoms with E-state index in [9.17, 15) is 0 Å². The van der Waals surface area contributed by atoms with Crippen molar-refractivity contribution in [3.05, 3.63) is 40.0 Å². The molecule has 0 aliphatic rings. The number of hydrogen-bond donors (Lipinski definition) is 1. The molecule has 2 nitrogen and oxygen atoms in total. The van der Waals surface area contributed by atoms with Gasteiger partial charge >= 0.3 is 0 Å². The van der Waals surface area contributed by atoms with E-state index in [1.165, 1.54) is 0 Å². The van der Waals surface area contributed by atoms with Crippen molar-refractivity contribution in [1.29, 1.82) is 0 Å². The van der Waals surface area contributed by atoms with E-state index < -0.39 is 0 Å². The molecule has 1 heterocycles. The van der Waals surface area contributed by atoms with Crippen molar-refractivity contribution in [1.82, 2.24) is 4.98 Å². The molecule has 2 rings (SSSR count). The first-order valence-corrected chi connectivity index (χ1v) is 4.91. The largest absolute Gasteiger partial charge is 0.325 e. The molecule has 0 fully saturated rings. The predicted molar refractivity (Wildman–Crippen MR) is 59.7 cm³/mol. The molecule has 1 aromatic heterocycles. The number of aromatic nitrogens is 1. The molecule has 0 atom stereocenters. The fourth-order valence-electron chi connectivity index (χ4n) is 1.28. The van der Waals surface area contributed by atoms with E-state index in [1.54, 1.807) is 6.07 Å². The quantitative estimate of drug-likeness (QED) is 0.813. The number of nitrogens with zero attached hydrogens (tertiary/aromatic N) is 1. The highest BCUT2D eigenvalue weighted by Gasteiger charge is 2.05. The Balaban J connectivity index is 2.78. The molecule has 1 aromatic carbocycles. The van der Waals surface area contributed by atoms with E-state index in [0.717, 1.165) is 11.1 Å². The average Bonchev–Trinajstić information content (AvgIpc) is 2.23. The lowest BCUT2D eigenvalue weighted by Crippen LogP contribution is -1.99. The number of nitrogens with two attached hydrogens (primary N) is 1. The second-order valence-corrected chi connectivity index (χ2v) is 3.72. The maximum atomic E-state index is 6.02. The molecule has 2 aromatic rings. The molecule has 0 amide bonds. The third-order valence-corrected chi connectivity index (χ3v) is 2.81. The first-order valence-electron chi connectivity index (χ1n) is 4.16. The standard InChI is InChI=1S/C10H8Cl2N2/c11-8-4-2-6-1-3-7(5-13)14-10(6)9(8)12/h1-4H,5,13H2. The minimum absolute atomic E-state index is 0.402. The zero-order chi connectivity index (χ0) is 10.1. The molecule has 0 aliphatic heterocycles. The minimum Gasteiger partial charge on any atom is -0.325 e. The fraction of sp³-hybridized carbons (Fsp3) is 0.100. The van der Waals surface area contributed by atoms with Crippen LogP contribution in [0.15, 0.2) is 24.3 Å². The second kappa shape index (κ2) is 3.73. The molecule has 0 bridgehead atoms. The summed E-state index contributed by atoms with van der Waals surface area (Å²) >= 11 is 11.9. The first kappa shape index (κ1) is 9.71. The maximum absolute atomic E-state index is 6.02. The van der Waals surface area contributed by atoms with Gasteiger partial charge in [-0.05, 0) is 12.1 Å². The van der Waals surface area contributed by atoms with Crippen LogP contribution in [0.5, 0.6) is 0 Å². The summed E-state index contributed by atoms with van der Waals surface area (Å²) in [5, 5.41) is 1.97. The number of hydrogen-bond acceptors (Lipinski definition) is 2. The van der Waals surface area contributed by atoms with Crippen LogP contribution in [-0.4, -0.2) is 4.98 Å². The summed E-state index contributed by atoms with van der Waals surface area (Å²) in [5.74, 6) is 0. The van der Waals surface area contributed by atoms with Gasteiger partial charge in [-0.2, -0.15) is 0 Å². The molecular weight excluding hydrogens is 219 g/mol. The third kappa shape index (κ3) is 1.57. The Kier molecular flexibility index (Phi) is 2.59. The van der Waals surface area contributed by atoms with Crippen LogP contribution >= 0.6 is 23.2 Å². The molecule has 72 valence electrons. The minimum atomic E-state index is 0.402. The van der Waals surface area contributed by atoms with Gasteiger partial charge in [0.1, 0.15) is 0 Å². The van der Waals surface area contributed by atoms with Crippen LogP contribution in [0.2, 0.25) is 10.0 Å². The topological polar surface area (TPSA) is 38.9 Å². The highest BCUT2D eigenvalue weighted by Crippen LogP contribution is 2.29. The second-order valence-electron chi connectivity index (χ2n) is 2.94. The lowest BCUT2D eigenvalue weighted by Gasteiger charge is -2.03. The lowest BCUT2D eigenvalue weighted by molar-refractivity contribution is 1.01. The van der Waals surface area contributed by atoms with Crippen molar-refractivity contribution in [3.63, 3.8) is 0 Å². The van der Waals surface area contributed by atoms with Crippen molar-refractivity contribution in [2.75, 3.05) is 0 Å². The monoisotopic (exact) mass is 226 g/mol. The van der Waals surface area contributed by atoms with Gasteiger partial charge in [0.05, 0.1) is 21.3 Å². The van der Waals surface area contributed by atoms with Crippen LogP contribution < -0.4 is 5.73 Å². The number of rotatable bonds is 1. The van der Waals surface area contributed by atoms with E-state index in [2.05, 4.69) is 4.98 Å². The molecule has 0 saturated heterocycles. The highest BCUT2D eigenvalue weighted by molar-refractivity contribution is 6.44. The Bertz CT molecular complexity index is 483. The van der Waals surface area contributed by atoms with Gasteiger partial charge in [-0.25, -0.2) is 4.98 Å². The Labute approximate surface area is 91.6 Å². The normalized spacial score (nSPS) is 10.8. The lowest BCUT2D eigenvalue weighted by atomic mass is 10.2. The Hall–Kier alpha value is -0.830. The molecule has 2 N–H and O–H groups in total. The number of halogens is 2. The van der Waals surface area contributed by atoms with Crippen LogP contribution in [0.4, 0.5) is 0 Å². The molecule has 14 heavy (non-hydrogen) atoms. The van der Waals surface area contributed by atoms with Crippen molar-refractivity contribution < 1.29 is 0 Å². The van der Waals surface area contributed by atoms with E-state index in [1.807, 2.05) is 18.2 Å². The summed E-state index contributed by atoms with van der Waals surface area (Å²) in [6.07, 6.45) is 0. The summed E-state index contributed by atoms with van der Waals surface area (Å²) in [6, 6.07) is 7.46. The summed E-state index contributed by atoms with van der Waals surface area (Å²) in [4.78, 5) is 4.31. The summed E-state index contributed by atoms with van der Waals surface area (Å²) in [5.41, 5.74) is 7.01. The van der Waals surface area contributed by atoms with E-state index in [0.29, 0.717) is 22.1 Å². The van der Waals surface area contributed by atoms with Crippen molar-refractivity contribution in [2.45, 2.75) is 6.54 Å². The third-order valence-electron chi connectivity index (χ3n) is 2.02. The summed E-state index contributed by atoms with van der Waals surface area (Å²) < 4.78 is 0. The smallest absolute Gasteiger partial charge is 0.0907 e. The Morgan fingerprint density at radius 3 is 2.57 bits per heavy atom. The molecule has 0 saturated carbocycles. The van der Waals surface area contributed by atoms with Crippen LogP contribution in [0.1, 0.15) is 5.69 Å². The predicted octanol–water partition coefficient (Wildman–Crippen LogP) is 3.00. The molecule has 4 heteroatoms. The Morgan fingerprint density at radius 2 is 1.86 bits per heavy atom. The van der Waals surface area contributed by atoms with Crippen LogP contribution in [-0.2, 0) is 6.54 Å². The van der Waals surface area contributed by atoms with Crippen LogP contribution in [0.3, 0.4) is 0 Å². The number of fused-ring (bicyclic) bond motifs is 1. The fourth-order valence-corrected chi connectivity index (χ4v) is 1.65. The van der Waals surface area contributed by atoms with Crippen molar-refractivity contribution >= 4 is 34.1 Å². The molecular formula is C10H8Cl2N2. The van der Waals surface area contributed by atoms with Gasteiger partial charge in [0, 0.05) is 11.9 Å². The van der Waals surface area contributed by atoms with Crippen LogP contribution in [0.25, 0.3) is 10.9 Å². The molecule has 0 spiro atoms. The number of pyridine rings is 1. The molecule has 0 unspecified atom stereocenters. The SMILES string of the molecule is NCc1ccc2ccc(Cl)c(Cl)c2n1. The molecule has 0 radical (unpaired) electrons. The Morgan fingerprint density at radius 1 is 1.14 bits per heavy atom. The average molecular weight is 227 g/mol. The van der Waals surface area contributed by atoms with Crippen molar-refractivity contribution in [3.8, 4) is 0 Å². The van der Waals surface area contributed by atoms with Gasteiger partial charge in [0.25, 0.3) is 0 Å². The summed E-state index contributed by atoms with van der Waals surface area (Å²) in [7, 11) is 0. The maximum Gasteiger partial charge on any atom is 0.0907 e. The highest BCUT2D eigenvalue weighted by atomic mass is 35.5. The van der Waals surface area contributed by atoms with Gasteiger partial charge in [0.2, 0.25) is 0 Å². The van der Waals surface area contributed by atoms with E-state index >= 15 is 0 Å². The van der Waals surface area contributed by atoms with Crippen molar-refractivity contribution in [2.24, 2.45) is 5.73 Å². The summed E-state index contributed by atoms with van der Waals surface area (Å²) in [6.45, 7) is 0.402. The zero-order valence-electron chi connectivity index (χ0n) is 7.30.